The number of nitrogens with zero attached hydrogens (tertiary/aromatic N) is 1. The Hall–Kier alpha value is -2.33. The van der Waals surface area contributed by atoms with Crippen molar-refractivity contribution < 1.29 is 9.90 Å². The summed E-state index contributed by atoms with van der Waals surface area (Å²) in [5.74, 6) is 0.154. The predicted molar refractivity (Wildman–Crippen MR) is 97.9 cm³/mol. The van der Waals surface area contributed by atoms with Crippen LogP contribution < -0.4 is 5.32 Å². The van der Waals surface area contributed by atoms with E-state index >= 15 is 0 Å². The van der Waals surface area contributed by atoms with Gasteiger partial charge in [-0.3, -0.25) is 0 Å². The number of nitrogens with one attached hydrogen (secondary N) is 1. The summed E-state index contributed by atoms with van der Waals surface area (Å²) < 4.78 is 0. The average molecular weight is 326 g/mol. The molecule has 0 spiro atoms. The van der Waals surface area contributed by atoms with Gasteiger partial charge in [-0.05, 0) is 30.0 Å². The fraction of sp³-hybridized carbons (Fsp3) is 0.350. The normalized spacial score (nSPS) is 12.0. The fourth-order valence-corrected chi connectivity index (χ4v) is 2.69. The van der Waals surface area contributed by atoms with Crippen molar-refractivity contribution in [1.29, 1.82) is 0 Å². The third-order valence-corrected chi connectivity index (χ3v) is 4.20. The van der Waals surface area contributed by atoms with Crippen LogP contribution in [0.3, 0.4) is 0 Å². The molecule has 0 fully saturated rings. The van der Waals surface area contributed by atoms with Gasteiger partial charge in [-0.15, -0.1) is 0 Å². The molecule has 1 unspecified atom stereocenters. The Morgan fingerprint density at radius 3 is 2.29 bits per heavy atom. The number of aliphatic hydroxyl groups excluding tert-OH is 1. The molecule has 0 aromatic heterocycles. The molecule has 0 aliphatic heterocycles. The SMILES string of the molecule is Cc1ccccc1NC(=O)N(Cc1ccccc1)C(CO)C(C)C. The molecule has 0 saturated carbocycles. The molecule has 4 nitrogen and oxygen atoms in total. The van der Waals surface area contributed by atoms with Gasteiger partial charge in [0.2, 0.25) is 0 Å². The topological polar surface area (TPSA) is 52.6 Å². The second-order valence-corrected chi connectivity index (χ2v) is 6.35. The monoisotopic (exact) mass is 326 g/mol. The van der Waals surface area contributed by atoms with E-state index in [1.165, 1.54) is 0 Å². The third kappa shape index (κ3) is 4.59. The highest BCUT2D eigenvalue weighted by Gasteiger charge is 2.26. The number of amides is 2. The van der Waals surface area contributed by atoms with Crippen molar-refractivity contribution in [3.8, 4) is 0 Å². The average Bonchev–Trinajstić information content (AvgIpc) is 2.57. The predicted octanol–water partition coefficient (Wildman–Crippen LogP) is 4.05. The number of urea groups is 1. The zero-order chi connectivity index (χ0) is 17.5. The lowest BCUT2D eigenvalue weighted by molar-refractivity contribution is 0.110. The van der Waals surface area contributed by atoms with Crippen LogP contribution in [0.2, 0.25) is 0 Å². The lowest BCUT2D eigenvalue weighted by Gasteiger charge is -2.33. The molecule has 0 aliphatic rings. The maximum absolute atomic E-state index is 12.9. The van der Waals surface area contributed by atoms with Crippen LogP contribution in [0.25, 0.3) is 0 Å². The van der Waals surface area contributed by atoms with Crippen molar-refractivity contribution >= 4 is 11.7 Å². The minimum absolute atomic E-state index is 0.0638. The first-order valence-electron chi connectivity index (χ1n) is 8.31. The number of carbonyl (C=O) groups is 1. The maximum Gasteiger partial charge on any atom is 0.322 e. The molecule has 2 amide bonds. The molecule has 4 heteroatoms. The van der Waals surface area contributed by atoms with E-state index in [-0.39, 0.29) is 24.6 Å². The van der Waals surface area contributed by atoms with Gasteiger partial charge in [-0.2, -0.15) is 0 Å². The maximum atomic E-state index is 12.9. The van der Waals surface area contributed by atoms with Crippen LogP contribution in [0.5, 0.6) is 0 Å². The van der Waals surface area contributed by atoms with Gasteiger partial charge in [0.25, 0.3) is 0 Å². The van der Waals surface area contributed by atoms with Gasteiger partial charge >= 0.3 is 6.03 Å². The Kier molecular flexibility index (Phi) is 6.38. The van der Waals surface area contributed by atoms with Crippen LogP contribution in [0.4, 0.5) is 10.5 Å². The molecule has 2 aromatic rings. The number of aryl methyl sites for hydroxylation is 1. The van der Waals surface area contributed by atoms with Crippen molar-refractivity contribution in [1.82, 2.24) is 4.90 Å². The number of anilines is 1. The van der Waals surface area contributed by atoms with E-state index < -0.39 is 0 Å². The summed E-state index contributed by atoms with van der Waals surface area (Å²) in [6.45, 7) is 6.39. The first-order chi connectivity index (χ1) is 11.5. The Balaban J connectivity index is 2.24. The van der Waals surface area contributed by atoms with Crippen LogP contribution in [0, 0.1) is 12.8 Å². The van der Waals surface area contributed by atoms with Gasteiger partial charge in [0.05, 0.1) is 12.6 Å². The van der Waals surface area contributed by atoms with E-state index in [2.05, 4.69) is 5.32 Å². The van der Waals surface area contributed by atoms with E-state index in [4.69, 9.17) is 0 Å². The Labute approximate surface area is 144 Å². The van der Waals surface area contributed by atoms with Crippen LogP contribution in [-0.2, 0) is 6.54 Å². The molecule has 0 aliphatic carbocycles. The molecular formula is C20H26N2O2. The fourth-order valence-electron chi connectivity index (χ4n) is 2.69. The quantitative estimate of drug-likeness (QED) is 0.841. The van der Waals surface area contributed by atoms with Crippen LogP contribution in [0.1, 0.15) is 25.0 Å². The summed E-state index contributed by atoms with van der Waals surface area (Å²) in [6, 6.07) is 17.1. The molecule has 2 N–H and O–H groups in total. The summed E-state index contributed by atoms with van der Waals surface area (Å²) in [6.07, 6.45) is 0. The number of para-hydroxylation sites is 1. The third-order valence-electron chi connectivity index (χ3n) is 4.20. The summed E-state index contributed by atoms with van der Waals surface area (Å²) in [5, 5.41) is 12.8. The number of hydrogen-bond acceptors (Lipinski definition) is 2. The van der Waals surface area contributed by atoms with E-state index in [1.54, 1.807) is 4.90 Å². The van der Waals surface area contributed by atoms with E-state index in [9.17, 15) is 9.90 Å². The lowest BCUT2D eigenvalue weighted by atomic mass is 10.0. The Morgan fingerprint density at radius 2 is 1.71 bits per heavy atom. The zero-order valence-electron chi connectivity index (χ0n) is 14.6. The van der Waals surface area contributed by atoms with Crippen molar-refractivity contribution in [2.24, 2.45) is 5.92 Å². The zero-order valence-corrected chi connectivity index (χ0v) is 14.6. The molecule has 2 aromatic carbocycles. The van der Waals surface area contributed by atoms with Crippen LogP contribution in [-0.4, -0.2) is 28.7 Å². The Morgan fingerprint density at radius 1 is 1.08 bits per heavy atom. The minimum atomic E-state index is -0.241. The molecule has 0 heterocycles. The molecule has 24 heavy (non-hydrogen) atoms. The highest BCUT2D eigenvalue weighted by atomic mass is 16.3. The lowest BCUT2D eigenvalue weighted by Crippen LogP contribution is -2.47. The molecule has 0 radical (unpaired) electrons. The van der Waals surface area contributed by atoms with Gasteiger partial charge in [0.1, 0.15) is 0 Å². The highest BCUT2D eigenvalue weighted by Crippen LogP contribution is 2.19. The summed E-state index contributed by atoms with van der Waals surface area (Å²) in [5.41, 5.74) is 2.84. The summed E-state index contributed by atoms with van der Waals surface area (Å²) >= 11 is 0. The standard InChI is InChI=1S/C20H26N2O2/c1-15(2)19(14-23)22(13-17-10-5-4-6-11-17)20(24)21-18-12-8-7-9-16(18)3/h4-12,15,19,23H,13-14H2,1-3H3,(H,21,24). The molecule has 2 rings (SSSR count). The van der Waals surface area contributed by atoms with Crippen molar-refractivity contribution in [2.45, 2.75) is 33.4 Å². The number of rotatable bonds is 6. The second kappa shape index (κ2) is 8.50. The smallest absolute Gasteiger partial charge is 0.322 e. The van der Waals surface area contributed by atoms with Gasteiger partial charge in [-0.25, -0.2) is 4.79 Å². The highest BCUT2D eigenvalue weighted by molar-refractivity contribution is 5.90. The molecular weight excluding hydrogens is 300 g/mol. The number of aliphatic hydroxyl groups is 1. The summed E-state index contributed by atoms with van der Waals surface area (Å²) in [4.78, 5) is 14.6. The van der Waals surface area contributed by atoms with Gasteiger partial charge in [0, 0.05) is 12.2 Å². The molecule has 0 bridgehead atoms. The van der Waals surface area contributed by atoms with Crippen molar-refractivity contribution in [3.05, 3.63) is 65.7 Å². The summed E-state index contributed by atoms with van der Waals surface area (Å²) in [7, 11) is 0. The first kappa shape index (κ1) is 18.0. The van der Waals surface area contributed by atoms with E-state index in [0.29, 0.717) is 6.54 Å². The number of hydrogen-bond donors (Lipinski definition) is 2. The molecule has 1 atom stereocenters. The van der Waals surface area contributed by atoms with E-state index in [1.807, 2.05) is 75.4 Å². The second-order valence-electron chi connectivity index (χ2n) is 6.35. The van der Waals surface area contributed by atoms with E-state index in [0.717, 1.165) is 16.8 Å². The number of carbonyl (C=O) groups excluding carboxylic acids is 1. The molecule has 0 saturated heterocycles. The Bertz CT molecular complexity index is 656. The van der Waals surface area contributed by atoms with Gasteiger partial charge in [0.15, 0.2) is 0 Å². The largest absolute Gasteiger partial charge is 0.394 e. The molecule has 128 valence electrons. The van der Waals surface area contributed by atoms with Gasteiger partial charge in [-0.1, -0.05) is 62.4 Å². The van der Waals surface area contributed by atoms with Crippen LogP contribution >= 0.6 is 0 Å². The van der Waals surface area contributed by atoms with Crippen molar-refractivity contribution in [3.63, 3.8) is 0 Å². The van der Waals surface area contributed by atoms with Crippen molar-refractivity contribution in [2.75, 3.05) is 11.9 Å². The minimum Gasteiger partial charge on any atom is -0.394 e. The number of benzene rings is 2. The van der Waals surface area contributed by atoms with Crippen LogP contribution in [0.15, 0.2) is 54.6 Å². The van der Waals surface area contributed by atoms with Gasteiger partial charge < -0.3 is 15.3 Å². The first-order valence-corrected chi connectivity index (χ1v) is 8.31.